The molecule has 1 atom stereocenters. The second kappa shape index (κ2) is 8.96. The Balaban J connectivity index is 0.00000220. The van der Waals surface area contributed by atoms with Crippen LogP contribution >= 0.6 is 12.4 Å². The molecule has 124 valence electrons. The van der Waals surface area contributed by atoms with Crippen molar-refractivity contribution in [3.05, 3.63) is 0 Å². The predicted octanol–water partition coefficient (Wildman–Crippen LogP) is 1.27. The van der Waals surface area contributed by atoms with E-state index in [9.17, 15) is 13.2 Å². The zero-order valence-electron chi connectivity index (χ0n) is 12.5. The molecule has 1 aliphatic heterocycles. The van der Waals surface area contributed by atoms with Crippen LogP contribution in [0.15, 0.2) is 0 Å². The van der Waals surface area contributed by atoms with Crippen LogP contribution in [0, 0.1) is 5.92 Å². The van der Waals surface area contributed by atoms with E-state index in [2.05, 4.69) is 10.6 Å². The van der Waals surface area contributed by atoms with Gasteiger partial charge in [-0.2, -0.15) is 0 Å². The number of carbonyl (C=O) groups is 1. The molecule has 2 rings (SSSR count). The van der Waals surface area contributed by atoms with Crippen molar-refractivity contribution in [3.8, 4) is 0 Å². The lowest BCUT2D eigenvalue weighted by molar-refractivity contribution is -0.124. The molecule has 0 aromatic heterocycles. The predicted molar refractivity (Wildman–Crippen MR) is 86.5 cm³/mol. The summed E-state index contributed by atoms with van der Waals surface area (Å²) in [5.74, 6) is -0.257. The summed E-state index contributed by atoms with van der Waals surface area (Å²) in [6.45, 7) is 1.36. The maximum atomic E-state index is 11.8. The van der Waals surface area contributed by atoms with Crippen LogP contribution in [0.25, 0.3) is 0 Å². The molecule has 1 aliphatic carbocycles. The first-order chi connectivity index (χ1) is 9.57. The standard InChI is InChI=1S/C14H26N2O3S.ClH/c17-14(12-7-10-20(18,19)11-12)16-9-8-15-13-5-3-1-2-4-6-13;/h12-13,15H,1-11H2,(H,16,17);1H. The number of carbonyl (C=O) groups excluding carboxylic acids is 1. The molecular formula is C14H27ClN2O3S. The van der Waals surface area contributed by atoms with Crippen LogP contribution in [0.4, 0.5) is 0 Å². The fraction of sp³-hybridized carbons (Fsp3) is 0.929. The first kappa shape index (κ1) is 18.7. The largest absolute Gasteiger partial charge is 0.355 e. The van der Waals surface area contributed by atoms with Gasteiger partial charge in [0.15, 0.2) is 9.84 Å². The second-order valence-corrected chi connectivity index (χ2v) is 8.26. The number of sulfone groups is 1. The van der Waals surface area contributed by atoms with E-state index in [1.54, 1.807) is 0 Å². The SMILES string of the molecule is Cl.O=C(NCCNC1CCCCCC1)C1CCS(=O)(=O)C1. The third-order valence-corrected chi connectivity index (χ3v) is 6.08. The van der Waals surface area contributed by atoms with Gasteiger partial charge in [-0.25, -0.2) is 8.42 Å². The molecule has 2 N–H and O–H groups in total. The van der Waals surface area contributed by atoms with Gasteiger partial charge in [0.05, 0.1) is 17.4 Å². The first-order valence-electron chi connectivity index (χ1n) is 7.78. The molecule has 21 heavy (non-hydrogen) atoms. The molecule has 1 saturated carbocycles. The van der Waals surface area contributed by atoms with Crippen molar-refractivity contribution in [2.24, 2.45) is 5.92 Å². The average Bonchev–Trinajstić information content (AvgIpc) is 2.63. The van der Waals surface area contributed by atoms with Gasteiger partial charge in [0.2, 0.25) is 5.91 Å². The lowest BCUT2D eigenvalue weighted by atomic mass is 10.1. The van der Waals surface area contributed by atoms with Crippen LogP contribution in [0.1, 0.15) is 44.9 Å². The summed E-state index contributed by atoms with van der Waals surface area (Å²) in [7, 11) is -2.97. The summed E-state index contributed by atoms with van der Waals surface area (Å²) in [5, 5.41) is 6.34. The number of nitrogens with one attached hydrogen (secondary N) is 2. The molecule has 1 saturated heterocycles. The van der Waals surface area contributed by atoms with Gasteiger partial charge in [-0.05, 0) is 19.3 Å². The Morgan fingerprint density at radius 1 is 1.00 bits per heavy atom. The zero-order chi connectivity index (χ0) is 14.4. The van der Waals surface area contributed by atoms with Gasteiger partial charge in [-0.3, -0.25) is 4.79 Å². The van der Waals surface area contributed by atoms with Gasteiger partial charge in [0, 0.05) is 19.1 Å². The Labute approximate surface area is 134 Å². The third kappa shape index (κ3) is 6.53. The van der Waals surface area contributed by atoms with Crippen LogP contribution in [0.5, 0.6) is 0 Å². The summed E-state index contributed by atoms with van der Waals surface area (Å²) in [6.07, 6.45) is 8.21. The topological polar surface area (TPSA) is 75.3 Å². The van der Waals surface area contributed by atoms with Crippen molar-refractivity contribution >= 4 is 28.2 Å². The Hall–Kier alpha value is -0.330. The highest BCUT2D eigenvalue weighted by Gasteiger charge is 2.32. The third-order valence-electron chi connectivity index (χ3n) is 4.32. The van der Waals surface area contributed by atoms with Crippen molar-refractivity contribution in [2.45, 2.75) is 51.0 Å². The van der Waals surface area contributed by atoms with E-state index in [0.717, 1.165) is 6.54 Å². The highest BCUT2D eigenvalue weighted by atomic mass is 35.5. The Kier molecular flexibility index (Phi) is 7.98. The van der Waals surface area contributed by atoms with Gasteiger partial charge in [0.1, 0.15) is 0 Å². The van der Waals surface area contributed by atoms with Gasteiger partial charge in [-0.1, -0.05) is 25.7 Å². The average molecular weight is 339 g/mol. The Bertz CT molecular complexity index is 420. The monoisotopic (exact) mass is 338 g/mol. The van der Waals surface area contributed by atoms with Crippen molar-refractivity contribution in [1.82, 2.24) is 10.6 Å². The fourth-order valence-corrected chi connectivity index (χ4v) is 4.83. The maximum Gasteiger partial charge on any atom is 0.224 e. The van der Waals surface area contributed by atoms with Crippen LogP contribution in [0.2, 0.25) is 0 Å². The summed E-state index contributed by atoms with van der Waals surface area (Å²) in [4.78, 5) is 11.8. The van der Waals surface area contributed by atoms with E-state index in [1.807, 2.05) is 0 Å². The molecule has 0 radical (unpaired) electrons. The summed E-state index contributed by atoms with van der Waals surface area (Å²) >= 11 is 0. The van der Waals surface area contributed by atoms with Crippen molar-refractivity contribution in [1.29, 1.82) is 0 Å². The minimum Gasteiger partial charge on any atom is -0.355 e. The van der Waals surface area contributed by atoms with Gasteiger partial charge in [-0.15, -0.1) is 12.4 Å². The van der Waals surface area contributed by atoms with E-state index in [-0.39, 0.29) is 35.7 Å². The van der Waals surface area contributed by atoms with Crippen molar-refractivity contribution in [2.75, 3.05) is 24.6 Å². The molecule has 1 amide bonds. The molecule has 7 heteroatoms. The highest BCUT2D eigenvalue weighted by Crippen LogP contribution is 2.18. The minimum atomic E-state index is -2.97. The van der Waals surface area contributed by atoms with Gasteiger partial charge in [0.25, 0.3) is 0 Å². The van der Waals surface area contributed by atoms with E-state index in [1.165, 1.54) is 38.5 Å². The minimum absolute atomic E-state index is 0. The van der Waals surface area contributed by atoms with E-state index in [0.29, 0.717) is 19.0 Å². The second-order valence-electron chi connectivity index (χ2n) is 6.03. The number of halogens is 1. The van der Waals surface area contributed by atoms with E-state index >= 15 is 0 Å². The molecule has 2 fully saturated rings. The molecule has 0 bridgehead atoms. The Morgan fingerprint density at radius 3 is 2.24 bits per heavy atom. The van der Waals surface area contributed by atoms with Gasteiger partial charge >= 0.3 is 0 Å². The summed E-state index contributed by atoms with van der Waals surface area (Å²) < 4.78 is 22.6. The molecule has 0 aromatic carbocycles. The highest BCUT2D eigenvalue weighted by molar-refractivity contribution is 7.91. The van der Waals surface area contributed by atoms with Crippen LogP contribution in [-0.4, -0.2) is 45.0 Å². The molecule has 1 unspecified atom stereocenters. The molecule has 2 aliphatic rings. The van der Waals surface area contributed by atoms with Crippen LogP contribution in [0.3, 0.4) is 0 Å². The summed E-state index contributed by atoms with van der Waals surface area (Å²) in [5.41, 5.74) is 0. The molecule has 0 aromatic rings. The number of rotatable bonds is 5. The number of amides is 1. The van der Waals surface area contributed by atoms with Crippen molar-refractivity contribution < 1.29 is 13.2 Å². The molecule has 0 spiro atoms. The maximum absolute atomic E-state index is 11.8. The fourth-order valence-electron chi connectivity index (χ4n) is 3.09. The molecule has 5 nitrogen and oxygen atoms in total. The quantitative estimate of drug-likeness (QED) is 0.585. The smallest absolute Gasteiger partial charge is 0.224 e. The van der Waals surface area contributed by atoms with Crippen LogP contribution < -0.4 is 10.6 Å². The number of hydrogen-bond acceptors (Lipinski definition) is 4. The first-order valence-corrected chi connectivity index (χ1v) is 9.60. The summed E-state index contributed by atoms with van der Waals surface area (Å²) in [6, 6.07) is 0.585. The zero-order valence-corrected chi connectivity index (χ0v) is 14.1. The molecular weight excluding hydrogens is 312 g/mol. The molecule has 1 heterocycles. The van der Waals surface area contributed by atoms with E-state index < -0.39 is 9.84 Å². The lowest BCUT2D eigenvalue weighted by Gasteiger charge is -2.16. The van der Waals surface area contributed by atoms with Gasteiger partial charge < -0.3 is 10.6 Å². The normalized spacial score (nSPS) is 25.8. The van der Waals surface area contributed by atoms with E-state index in [4.69, 9.17) is 0 Å². The van der Waals surface area contributed by atoms with Crippen LogP contribution in [-0.2, 0) is 14.6 Å². The Morgan fingerprint density at radius 2 is 1.67 bits per heavy atom. The lowest BCUT2D eigenvalue weighted by Crippen LogP contribution is -2.39. The number of hydrogen-bond donors (Lipinski definition) is 2. The van der Waals surface area contributed by atoms with Crippen molar-refractivity contribution in [3.63, 3.8) is 0 Å².